The van der Waals surface area contributed by atoms with Gasteiger partial charge < -0.3 is 9.67 Å². The lowest BCUT2D eigenvalue weighted by atomic mass is 10.1. The van der Waals surface area contributed by atoms with E-state index in [9.17, 15) is 5.11 Å². The summed E-state index contributed by atoms with van der Waals surface area (Å²) in [4.78, 5) is 4.48. The minimum absolute atomic E-state index is 0.631. The summed E-state index contributed by atoms with van der Waals surface area (Å²) in [5, 5.41) is 17.9. The third-order valence-electron chi connectivity index (χ3n) is 4.27. The number of aromatic nitrogens is 4. The first-order valence-corrected chi connectivity index (χ1v) is 8.77. The van der Waals surface area contributed by atoms with Gasteiger partial charge in [-0.1, -0.05) is 36.3 Å². The van der Waals surface area contributed by atoms with Crippen LogP contribution in [0.2, 0.25) is 0 Å². The Morgan fingerprint density at radius 1 is 1.19 bits per heavy atom. The highest BCUT2D eigenvalue weighted by Gasteiger charge is 2.13. The summed E-state index contributed by atoms with van der Waals surface area (Å²) >= 11 is 0. The van der Waals surface area contributed by atoms with Gasteiger partial charge in [0.15, 0.2) is 0 Å². The van der Waals surface area contributed by atoms with Crippen LogP contribution in [-0.2, 0) is 6.54 Å². The molecule has 3 heterocycles. The molecule has 134 valence electrons. The molecule has 0 fully saturated rings. The molecule has 5 nitrogen and oxygen atoms in total. The zero-order chi connectivity index (χ0) is 18.9. The van der Waals surface area contributed by atoms with E-state index in [-0.39, 0.29) is 0 Å². The summed E-state index contributed by atoms with van der Waals surface area (Å²) in [6, 6.07) is 12.3. The van der Waals surface area contributed by atoms with Gasteiger partial charge in [-0.05, 0) is 31.4 Å². The van der Waals surface area contributed by atoms with E-state index in [1.165, 1.54) is 5.56 Å². The molecule has 0 bridgehead atoms. The van der Waals surface area contributed by atoms with Crippen molar-refractivity contribution >= 4 is 10.9 Å². The average molecular weight is 356 g/mol. The van der Waals surface area contributed by atoms with Crippen LogP contribution in [0.1, 0.15) is 25.1 Å². The monoisotopic (exact) mass is 356 g/mol. The van der Waals surface area contributed by atoms with Gasteiger partial charge >= 0.3 is 0 Å². The molecule has 0 saturated heterocycles. The van der Waals surface area contributed by atoms with Gasteiger partial charge in [-0.3, -0.25) is 5.10 Å². The first kappa shape index (κ1) is 17.1. The minimum Gasteiger partial charge on any atom is -0.378 e. The molecular weight excluding hydrogens is 336 g/mol. The van der Waals surface area contributed by atoms with E-state index in [1.54, 1.807) is 13.8 Å². The van der Waals surface area contributed by atoms with E-state index in [0.717, 1.165) is 28.6 Å². The maximum absolute atomic E-state index is 9.85. The highest BCUT2D eigenvalue weighted by Crippen LogP contribution is 2.30. The molecule has 5 heteroatoms. The van der Waals surface area contributed by atoms with E-state index in [0.29, 0.717) is 5.69 Å². The summed E-state index contributed by atoms with van der Waals surface area (Å²) in [6.45, 7) is 4.07. The van der Waals surface area contributed by atoms with Crippen LogP contribution < -0.4 is 0 Å². The number of nitrogens with zero attached hydrogens (tertiary/aromatic N) is 3. The molecule has 1 aromatic carbocycles. The fourth-order valence-corrected chi connectivity index (χ4v) is 3.01. The number of aliphatic hydroxyl groups is 1. The van der Waals surface area contributed by atoms with Crippen LogP contribution in [0, 0.1) is 11.8 Å². The molecule has 0 radical (unpaired) electrons. The van der Waals surface area contributed by atoms with Crippen molar-refractivity contribution in [2.45, 2.75) is 26.0 Å². The van der Waals surface area contributed by atoms with Gasteiger partial charge in [0, 0.05) is 35.5 Å². The molecule has 3 aromatic heterocycles. The predicted molar refractivity (Wildman–Crippen MR) is 106 cm³/mol. The summed E-state index contributed by atoms with van der Waals surface area (Å²) in [7, 11) is 0. The van der Waals surface area contributed by atoms with Crippen molar-refractivity contribution in [2.75, 3.05) is 0 Å². The lowest BCUT2D eigenvalue weighted by molar-refractivity contribution is 0.143. The molecule has 4 aromatic rings. The molecule has 0 spiro atoms. The Bertz CT molecular complexity index is 1120. The standard InChI is InChI=1S/C22H20N4O/c1-22(2,27)9-8-18-10-19-20(17-11-24-25-12-17)15-26(21(19)13-23-18)14-16-6-4-3-5-7-16/h3-7,10-13,15,27H,14H2,1-2H3,(H,24,25). The molecule has 0 aliphatic carbocycles. The summed E-state index contributed by atoms with van der Waals surface area (Å²) in [6.07, 6.45) is 7.65. The maximum atomic E-state index is 9.85. The average Bonchev–Trinajstić information content (AvgIpc) is 3.28. The Kier molecular flexibility index (Phi) is 4.27. The van der Waals surface area contributed by atoms with Gasteiger partial charge in [0.05, 0.1) is 17.9 Å². The molecule has 4 rings (SSSR count). The van der Waals surface area contributed by atoms with Crippen molar-refractivity contribution < 1.29 is 5.11 Å². The fourth-order valence-electron chi connectivity index (χ4n) is 3.01. The Morgan fingerprint density at radius 3 is 2.70 bits per heavy atom. The van der Waals surface area contributed by atoms with Crippen molar-refractivity contribution in [3.63, 3.8) is 0 Å². The van der Waals surface area contributed by atoms with Gasteiger partial charge in [-0.2, -0.15) is 5.10 Å². The number of H-pyrrole nitrogens is 1. The van der Waals surface area contributed by atoms with E-state index in [4.69, 9.17) is 0 Å². The van der Waals surface area contributed by atoms with Crippen LogP contribution in [0.3, 0.4) is 0 Å². The van der Waals surface area contributed by atoms with Crippen LogP contribution in [0.25, 0.3) is 22.0 Å². The number of hydrogen-bond donors (Lipinski definition) is 2. The van der Waals surface area contributed by atoms with E-state index >= 15 is 0 Å². The van der Waals surface area contributed by atoms with Crippen molar-refractivity contribution in [1.82, 2.24) is 19.7 Å². The summed E-state index contributed by atoms with van der Waals surface area (Å²) in [5.41, 5.74) is 3.92. The zero-order valence-corrected chi connectivity index (χ0v) is 15.3. The molecular formula is C22H20N4O. The van der Waals surface area contributed by atoms with Crippen LogP contribution in [-0.4, -0.2) is 30.5 Å². The lowest BCUT2D eigenvalue weighted by Gasteiger charge is -2.06. The summed E-state index contributed by atoms with van der Waals surface area (Å²) in [5.74, 6) is 5.79. The van der Waals surface area contributed by atoms with Gasteiger partial charge in [-0.25, -0.2) is 4.98 Å². The Hall–Kier alpha value is -3.36. The minimum atomic E-state index is -1.05. The highest BCUT2D eigenvalue weighted by molar-refractivity contribution is 5.96. The number of nitrogens with one attached hydrogen (secondary N) is 1. The maximum Gasteiger partial charge on any atom is 0.120 e. The third-order valence-corrected chi connectivity index (χ3v) is 4.27. The first-order valence-electron chi connectivity index (χ1n) is 8.77. The van der Waals surface area contributed by atoms with E-state index in [2.05, 4.69) is 49.9 Å². The number of benzene rings is 1. The second-order valence-corrected chi connectivity index (χ2v) is 7.04. The zero-order valence-electron chi connectivity index (χ0n) is 15.3. The molecule has 0 aliphatic heterocycles. The SMILES string of the molecule is CC(C)(O)C#Cc1cc2c(-c3cn[nH]c3)cn(Cc3ccccc3)c2cn1. The molecule has 27 heavy (non-hydrogen) atoms. The topological polar surface area (TPSA) is 66.7 Å². The second-order valence-electron chi connectivity index (χ2n) is 7.04. The van der Waals surface area contributed by atoms with Gasteiger partial charge in [0.1, 0.15) is 11.3 Å². The number of fused-ring (bicyclic) bond motifs is 1. The largest absolute Gasteiger partial charge is 0.378 e. The second kappa shape index (κ2) is 6.75. The van der Waals surface area contributed by atoms with Gasteiger partial charge in [0.25, 0.3) is 0 Å². The van der Waals surface area contributed by atoms with Crippen molar-refractivity contribution in [1.29, 1.82) is 0 Å². The molecule has 0 unspecified atom stereocenters. The summed E-state index contributed by atoms with van der Waals surface area (Å²) < 4.78 is 2.19. The van der Waals surface area contributed by atoms with Crippen molar-refractivity contribution in [3.05, 3.63) is 72.4 Å². The van der Waals surface area contributed by atoms with Crippen LogP contribution >= 0.6 is 0 Å². The molecule has 0 aliphatic rings. The lowest BCUT2D eigenvalue weighted by Crippen LogP contribution is -2.14. The highest BCUT2D eigenvalue weighted by atomic mass is 16.3. The molecule has 2 N–H and O–H groups in total. The number of hydrogen-bond acceptors (Lipinski definition) is 3. The Balaban J connectivity index is 1.84. The van der Waals surface area contributed by atoms with Crippen LogP contribution in [0.15, 0.2) is 61.2 Å². The molecule has 0 atom stereocenters. The van der Waals surface area contributed by atoms with Crippen molar-refractivity contribution in [3.8, 4) is 23.0 Å². The van der Waals surface area contributed by atoms with Crippen molar-refractivity contribution in [2.24, 2.45) is 0 Å². The van der Waals surface area contributed by atoms with E-state index < -0.39 is 5.60 Å². The number of pyridine rings is 1. The Labute approximate surface area is 157 Å². The third kappa shape index (κ3) is 3.76. The predicted octanol–water partition coefficient (Wildman–Crippen LogP) is 3.60. The first-order chi connectivity index (χ1) is 13.0. The molecule has 0 saturated carbocycles. The number of rotatable bonds is 3. The van der Waals surface area contributed by atoms with Gasteiger partial charge in [0.2, 0.25) is 0 Å². The van der Waals surface area contributed by atoms with E-state index in [1.807, 2.05) is 42.9 Å². The fraction of sp³-hybridized carbons (Fsp3) is 0.182. The van der Waals surface area contributed by atoms with Crippen LogP contribution in [0.4, 0.5) is 0 Å². The normalized spacial score (nSPS) is 11.4. The van der Waals surface area contributed by atoms with Crippen LogP contribution in [0.5, 0.6) is 0 Å². The van der Waals surface area contributed by atoms with Gasteiger partial charge in [-0.15, -0.1) is 0 Å². The number of aromatic amines is 1. The Morgan fingerprint density at radius 2 is 2.00 bits per heavy atom. The quantitative estimate of drug-likeness (QED) is 0.551. The smallest absolute Gasteiger partial charge is 0.120 e. The molecule has 0 amide bonds.